The fourth-order valence-electron chi connectivity index (χ4n) is 2.56. The summed E-state index contributed by atoms with van der Waals surface area (Å²) in [7, 11) is 0. The highest BCUT2D eigenvalue weighted by Crippen LogP contribution is 2.36. The lowest BCUT2D eigenvalue weighted by Gasteiger charge is -2.20. The fraction of sp³-hybridized carbons (Fsp3) is 0.158. The Morgan fingerprint density at radius 2 is 2.04 bits per heavy atom. The summed E-state index contributed by atoms with van der Waals surface area (Å²) in [6.07, 6.45) is 1.68. The molecule has 2 aromatic carbocycles. The lowest BCUT2D eigenvalue weighted by Crippen LogP contribution is -2.25. The van der Waals surface area contributed by atoms with E-state index in [1.54, 1.807) is 24.4 Å². The van der Waals surface area contributed by atoms with Gasteiger partial charge < -0.3 is 19.2 Å². The van der Waals surface area contributed by atoms with Gasteiger partial charge in [0, 0.05) is 5.56 Å². The number of amides is 1. The van der Waals surface area contributed by atoms with Crippen LogP contribution in [0.2, 0.25) is 0 Å². The zero-order chi connectivity index (χ0) is 17.2. The summed E-state index contributed by atoms with van der Waals surface area (Å²) in [4.78, 5) is 15.8. The van der Waals surface area contributed by atoms with E-state index in [0.29, 0.717) is 28.8 Å². The number of benzene rings is 2. The molecule has 25 heavy (non-hydrogen) atoms. The third-order valence-corrected chi connectivity index (χ3v) is 3.85. The maximum atomic E-state index is 11.5. The van der Waals surface area contributed by atoms with Gasteiger partial charge in [-0.05, 0) is 19.1 Å². The second kappa shape index (κ2) is 6.32. The van der Waals surface area contributed by atoms with Crippen LogP contribution in [0.1, 0.15) is 11.5 Å². The summed E-state index contributed by atoms with van der Waals surface area (Å²) >= 11 is 0. The Labute approximate surface area is 144 Å². The normalized spacial score (nSPS) is 12.9. The van der Waals surface area contributed by atoms with Crippen molar-refractivity contribution in [1.82, 2.24) is 4.98 Å². The predicted octanol–water partition coefficient (Wildman–Crippen LogP) is 3.56. The van der Waals surface area contributed by atoms with E-state index in [0.717, 1.165) is 5.56 Å². The molecule has 0 bridgehead atoms. The van der Waals surface area contributed by atoms with Crippen molar-refractivity contribution in [3.8, 4) is 22.8 Å². The minimum atomic E-state index is -0.207. The number of rotatable bonds is 4. The summed E-state index contributed by atoms with van der Waals surface area (Å²) in [6.45, 7) is 2.20. The molecule has 0 saturated carbocycles. The summed E-state index contributed by atoms with van der Waals surface area (Å²) in [5.74, 6) is 2.04. The van der Waals surface area contributed by atoms with Gasteiger partial charge in [-0.3, -0.25) is 4.79 Å². The maximum Gasteiger partial charge on any atom is 0.262 e. The summed E-state index contributed by atoms with van der Waals surface area (Å²) in [6, 6.07) is 13.4. The van der Waals surface area contributed by atoms with E-state index < -0.39 is 0 Å². The minimum absolute atomic E-state index is 0.0100. The van der Waals surface area contributed by atoms with E-state index in [1.165, 1.54) is 5.56 Å². The van der Waals surface area contributed by atoms with E-state index >= 15 is 0 Å². The van der Waals surface area contributed by atoms with Gasteiger partial charge in [-0.25, -0.2) is 4.98 Å². The fourth-order valence-corrected chi connectivity index (χ4v) is 2.56. The molecule has 1 aliphatic heterocycles. The molecule has 1 aromatic heterocycles. The average molecular weight is 336 g/mol. The first-order chi connectivity index (χ1) is 12.2. The number of nitrogens with zero attached hydrogens (tertiary/aromatic N) is 1. The number of aromatic nitrogens is 1. The number of anilines is 1. The number of aryl methyl sites for hydroxylation is 1. The molecule has 1 N–H and O–H groups in total. The molecule has 4 rings (SSSR count). The molecule has 0 spiro atoms. The Kier molecular flexibility index (Phi) is 3.85. The zero-order valence-electron chi connectivity index (χ0n) is 13.6. The summed E-state index contributed by atoms with van der Waals surface area (Å²) in [5, 5.41) is 2.76. The van der Waals surface area contributed by atoms with Gasteiger partial charge in [-0.2, -0.15) is 0 Å². The van der Waals surface area contributed by atoms with Crippen LogP contribution in [-0.2, 0) is 11.4 Å². The van der Waals surface area contributed by atoms with Crippen molar-refractivity contribution in [2.24, 2.45) is 0 Å². The number of para-hydroxylation sites is 1. The predicted molar refractivity (Wildman–Crippen MR) is 91.6 cm³/mol. The van der Waals surface area contributed by atoms with E-state index in [2.05, 4.69) is 10.3 Å². The van der Waals surface area contributed by atoms with Crippen LogP contribution in [0, 0.1) is 6.92 Å². The number of nitrogens with one attached hydrogen (secondary N) is 1. The van der Waals surface area contributed by atoms with Crippen LogP contribution in [0.25, 0.3) is 11.3 Å². The smallest absolute Gasteiger partial charge is 0.262 e. The van der Waals surface area contributed by atoms with Gasteiger partial charge in [-0.1, -0.05) is 35.9 Å². The lowest BCUT2D eigenvalue weighted by molar-refractivity contribution is -0.118. The molecule has 0 unspecified atom stereocenters. The van der Waals surface area contributed by atoms with Crippen molar-refractivity contribution >= 4 is 11.6 Å². The summed E-state index contributed by atoms with van der Waals surface area (Å²) in [5.41, 5.74) is 2.68. The molecule has 6 heteroatoms. The average Bonchev–Trinajstić information content (AvgIpc) is 3.09. The number of hydrogen-bond donors (Lipinski definition) is 1. The number of oxazole rings is 1. The van der Waals surface area contributed by atoms with E-state index in [-0.39, 0.29) is 19.1 Å². The van der Waals surface area contributed by atoms with Crippen molar-refractivity contribution in [2.75, 3.05) is 11.9 Å². The number of fused-ring (bicyclic) bond motifs is 1. The van der Waals surface area contributed by atoms with Crippen LogP contribution in [0.15, 0.2) is 53.1 Å². The van der Waals surface area contributed by atoms with Crippen molar-refractivity contribution in [3.05, 3.63) is 60.1 Å². The minimum Gasteiger partial charge on any atom is -0.482 e. The number of ether oxygens (including phenoxy) is 2. The zero-order valence-corrected chi connectivity index (χ0v) is 13.6. The third-order valence-electron chi connectivity index (χ3n) is 3.85. The molecule has 0 radical (unpaired) electrons. The first-order valence-electron chi connectivity index (χ1n) is 7.89. The monoisotopic (exact) mass is 336 g/mol. The molecule has 126 valence electrons. The van der Waals surface area contributed by atoms with Crippen LogP contribution >= 0.6 is 0 Å². The molecular weight excluding hydrogens is 320 g/mol. The van der Waals surface area contributed by atoms with Crippen molar-refractivity contribution in [2.45, 2.75) is 13.5 Å². The first kappa shape index (κ1) is 15.3. The Hall–Kier alpha value is -3.28. The molecule has 0 aliphatic carbocycles. The Morgan fingerprint density at radius 1 is 1.20 bits per heavy atom. The highest BCUT2D eigenvalue weighted by atomic mass is 16.5. The Morgan fingerprint density at radius 3 is 2.88 bits per heavy atom. The molecule has 3 aromatic rings. The molecule has 0 fully saturated rings. The number of carbonyl (C=O) groups excluding carboxylic acids is 1. The van der Waals surface area contributed by atoms with Gasteiger partial charge in [0.05, 0.1) is 6.20 Å². The van der Waals surface area contributed by atoms with Crippen molar-refractivity contribution in [1.29, 1.82) is 0 Å². The van der Waals surface area contributed by atoms with Gasteiger partial charge in [0.2, 0.25) is 5.89 Å². The topological polar surface area (TPSA) is 73.6 Å². The second-order valence-corrected chi connectivity index (χ2v) is 5.74. The molecule has 0 saturated heterocycles. The van der Waals surface area contributed by atoms with Crippen LogP contribution in [0.3, 0.4) is 0 Å². The SMILES string of the molecule is Cc1ccc(-c2cnc(COc3cccc4c3NC(=O)CO4)o2)cc1. The molecule has 6 nitrogen and oxygen atoms in total. The molecular formula is C19H16N2O4. The number of hydrogen-bond acceptors (Lipinski definition) is 5. The van der Waals surface area contributed by atoms with E-state index in [9.17, 15) is 4.79 Å². The van der Waals surface area contributed by atoms with Crippen molar-refractivity contribution < 1.29 is 18.7 Å². The van der Waals surface area contributed by atoms with E-state index in [4.69, 9.17) is 13.9 Å². The standard InChI is InChI=1S/C19H16N2O4/c1-12-5-7-13(8-6-12)16-9-20-18(25-16)11-24-15-4-2-3-14-19(15)21-17(22)10-23-14/h2-9H,10-11H2,1H3,(H,21,22). The highest BCUT2D eigenvalue weighted by Gasteiger charge is 2.20. The van der Waals surface area contributed by atoms with Crippen LogP contribution in [-0.4, -0.2) is 17.5 Å². The van der Waals surface area contributed by atoms with Crippen LogP contribution in [0.4, 0.5) is 5.69 Å². The third kappa shape index (κ3) is 3.19. The van der Waals surface area contributed by atoms with E-state index in [1.807, 2.05) is 31.2 Å². The van der Waals surface area contributed by atoms with Gasteiger partial charge in [-0.15, -0.1) is 0 Å². The van der Waals surface area contributed by atoms with Gasteiger partial charge in [0.15, 0.2) is 19.0 Å². The first-order valence-corrected chi connectivity index (χ1v) is 7.89. The summed E-state index contributed by atoms with van der Waals surface area (Å²) < 4.78 is 16.9. The van der Waals surface area contributed by atoms with Crippen molar-refractivity contribution in [3.63, 3.8) is 0 Å². The Balaban J connectivity index is 1.49. The largest absolute Gasteiger partial charge is 0.482 e. The van der Waals surface area contributed by atoms with Gasteiger partial charge >= 0.3 is 0 Å². The van der Waals surface area contributed by atoms with Gasteiger partial charge in [0.25, 0.3) is 5.91 Å². The molecule has 1 aliphatic rings. The second-order valence-electron chi connectivity index (χ2n) is 5.74. The quantitative estimate of drug-likeness (QED) is 0.788. The Bertz CT molecular complexity index is 915. The van der Waals surface area contributed by atoms with Crippen LogP contribution < -0.4 is 14.8 Å². The molecule has 1 amide bonds. The molecule has 2 heterocycles. The van der Waals surface area contributed by atoms with Gasteiger partial charge in [0.1, 0.15) is 17.2 Å². The molecule has 0 atom stereocenters. The maximum absolute atomic E-state index is 11.5. The van der Waals surface area contributed by atoms with Crippen LogP contribution in [0.5, 0.6) is 11.5 Å². The lowest BCUT2D eigenvalue weighted by atomic mass is 10.1. The number of carbonyl (C=O) groups is 1. The highest BCUT2D eigenvalue weighted by molar-refractivity contribution is 5.97.